The van der Waals surface area contributed by atoms with Crippen molar-refractivity contribution < 1.29 is 13.5 Å². The summed E-state index contributed by atoms with van der Waals surface area (Å²) in [6, 6.07) is 2.13. The van der Waals surface area contributed by atoms with Crippen LogP contribution in [0.2, 0.25) is 0 Å². The lowest BCUT2D eigenvalue weighted by atomic mass is 10.1. The van der Waals surface area contributed by atoms with Crippen molar-refractivity contribution in [2.45, 2.75) is 31.4 Å². The number of benzene rings is 1. The number of nitrogens with one attached hydrogen (secondary N) is 1. The number of ether oxygens (including phenoxy) is 1. The maximum absolute atomic E-state index is 13.3. The molecule has 0 bridgehead atoms. The number of hydrogen-bond acceptors (Lipinski definition) is 3. The summed E-state index contributed by atoms with van der Waals surface area (Å²) in [7, 11) is 0. The SMILES string of the molecule is Nc1c(F)cc(F)cc1NC1CCOC1C1CC1. The summed E-state index contributed by atoms with van der Waals surface area (Å²) in [6.45, 7) is 0.691. The first-order chi connectivity index (χ1) is 8.65. The minimum Gasteiger partial charge on any atom is -0.395 e. The molecule has 0 amide bonds. The van der Waals surface area contributed by atoms with Gasteiger partial charge in [-0.25, -0.2) is 8.78 Å². The summed E-state index contributed by atoms with van der Waals surface area (Å²) >= 11 is 0. The van der Waals surface area contributed by atoms with E-state index in [0.29, 0.717) is 18.2 Å². The van der Waals surface area contributed by atoms with Crippen LogP contribution in [-0.2, 0) is 4.74 Å². The third-order valence-electron chi connectivity index (χ3n) is 3.66. The monoisotopic (exact) mass is 254 g/mol. The molecule has 2 unspecified atom stereocenters. The molecule has 1 heterocycles. The molecule has 18 heavy (non-hydrogen) atoms. The normalized spacial score (nSPS) is 27.4. The second-order valence-corrected chi connectivity index (χ2v) is 5.06. The molecule has 2 atom stereocenters. The molecule has 3 rings (SSSR count). The van der Waals surface area contributed by atoms with Gasteiger partial charge >= 0.3 is 0 Å². The number of nitrogen functional groups attached to an aromatic ring is 1. The molecule has 2 aliphatic rings. The lowest BCUT2D eigenvalue weighted by Crippen LogP contribution is -2.31. The van der Waals surface area contributed by atoms with Crippen LogP contribution < -0.4 is 11.1 Å². The second-order valence-electron chi connectivity index (χ2n) is 5.06. The topological polar surface area (TPSA) is 47.3 Å². The van der Waals surface area contributed by atoms with Crippen molar-refractivity contribution in [1.29, 1.82) is 0 Å². The quantitative estimate of drug-likeness (QED) is 0.815. The third-order valence-corrected chi connectivity index (χ3v) is 3.66. The van der Waals surface area contributed by atoms with Crippen LogP contribution >= 0.6 is 0 Å². The molecular weight excluding hydrogens is 238 g/mol. The summed E-state index contributed by atoms with van der Waals surface area (Å²) in [6.07, 6.45) is 3.35. The summed E-state index contributed by atoms with van der Waals surface area (Å²) in [5.74, 6) is -0.755. The molecule has 1 aromatic carbocycles. The minimum atomic E-state index is -0.723. The van der Waals surface area contributed by atoms with Crippen LogP contribution in [0, 0.1) is 17.6 Å². The zero-order valence-corrected chi connectivity index (χ0v) is 9.96. The van der Waals surface area contributed by atoms with E-state index in [4.69, 9.17) is 10.5 Å². The Morgan fingerprint density at radius 2 is 2.00 bits per heavy atom. The second kappa shape index (κ2) is 4.39. The van der Waals surface area contributed by atoms with Crippen LogP contribution in [0.1, 0.15) is 19.3 Å². The van der Waals surface area contributed by atoms with Gasteiger partial charge in [0.25, 0.3) is 0 Å². The molecule has 98 valence electrons. The number of nitrogens with two attached hydrogens (primary N) is 1. The van der Waals surface area contributed by atoms with Crippen molar-refractivity contribution in [3.05, 3.63) is 23.8 Å². The highest BCUT2D eigenvalue weighted by molar-refractivity contribution is 5.67. The fraction of sp³-hybridized carbons (Fsp3) is 0.538. The smallest absolute Gasteiger partial charge is 0.151 e. The Morgan fingerprint density at radius 1 is 1.22 bits per heavy atom. The van der Waals surface area contributed by atoms with E-state index in [9.17, 15) is 8.78 Å². The highest BCUT2D eigenvalue weighted by Crippen LogP contribution is 2.40. The summed E-state index contributed by atoms with van der Waals surface area (Å²) < 4.78 is 32.2. The molecule has 3 N–H and O–H groups in total. The van der Waals surface area contributed by atoms with E-state index in [-0.39, 0.29) is 17.8 Å². The Bertz CT molecular complexity index is 463. The van der Waals surface area contributed by atoms with Gasteiger partial charge in [-0.15, -0.1) is 0 Å². The first-order valence-electron chi connectivity index (χ1n) is 6.28. The van der Waals surface area contributed by atoms with Crippen LogP contribution in [0.3, 0.4) is 0 Å². The van der Waals surface area contributed by atoms with Gasteiger partial charge in [-0.1, -0.05) is 0 Å². The number of hydrogen-bond donors (Lipinski definition) is 2. The van der Waals surface area contributed by atoms with Crippen molar-refractivity contribution >= 4 is 11.4 Å². The van der Waals surface area contributed by atoms with Crippen molar-refractivity contribution in [3.8, 4) is 0 Å². The van der Waals surface area contributed by atoms with Crippen LogP contribution in [-0.4, -0.2) is 18.8 Å². The van der Waals surface area contributed by atoms with Crippen LogP contribution in [0.4, 0.5) is 20.2 Å². The molecule has 1 aliphatic heterocycles. The van der Waals surface area contributed by atoms with Crippen molar-refractivity contribution in [3.63, 3.8) is 0 Å². The van der Waals surface area contributed by atoms with Gasteiger partial charge < -0.3 is 15.8 Å². The Hall–Kier alpha value is -1.36. The van der Waals surface area contributed by atoms with Gasteiger partial charge in [0.05, 0.1) is 23.5 Å². The Kier molecular flexibility index (Phi) is 2.86. The van der Waals surface area contributed by atoms with E-state index in [2.05, 4.69) is 5.32 Å². The van der Waals surface area contributed by atoms with Crippen LogP contribution in [0.5, 0.6) is 0 Å². The zero-order chi connectivity index (χ0) is 12.7. The zero-order valence-electron chi connectivity index (χ0n) is 9.96. The van der Waals surface area contributed by atoms with E-state index in [1.807, 2.05) is 0 Å². The number of halogens is 2. The molecule has 0 radical (unpaired) electrons. The van der Waals surface area contributed by atoms with E-state index < -0.39 is 11.6 Å². The van der Waals surface area contributed by atoms with Gasteiger partial charge in [0.1, 0.15) is 5.82 Å². The Labute approximate surface area is 104 Å². The van der Waals surface area contributed by atoms with E-state index >= 15 is 0 Å². The number of anilines is 2. The van der Waals surface area contributed by atoms with Crippen molar-refractivity contribution in [1.82, 2.24) is 0 Å². The maximum Gasteiger partial charge on any atom is 0.151 e. The molecule has 2 fully saturated rings. The summed E-state index contributed by atoms with van der Waals surface area (Å²) in [5.41, 5.74) is 5.92. The minimum absolute atomic E-state index is 0.0298. The average Bonchev–Trinajstić information content (AvgIpc) is 3.07. The highest BCUT2D eigenvalue weighted by atomic mass is 19.1. The third kappa shape index (κ3) is 2.14. The summed E-state index contributed by atoms with van der Waals surface area (Å²) in [5, 5.41) is 3.13. The predicted molar refractivity (Wildman–Crippen MR) is 65.3 cm³/mol. The van der Waals surface area contributed by atoms with Gasteiger partial charge in [-0.05, 0) is 31.2 Å². The lowest BCUT2D eigenvalue weighted by molar-refractivity contribution is 0.0898. The lowest BCUT2D eigenvalue weighted by Gasteiger charge is -2.21. The molecule has 0 aromatic heterocycles. The largest absolute Gasteiger partial charge is 0.395 e. The molecule has 1 saturated carbocycles. The summed E-state index contributed by atoms with van der Waals surface area (Å²) in [4.78, 5) is 0. The fourth-order valence-electron chi connectivity index (χ4n) is 2.56. The van der Waals surface area contributed by atoms with Crippen molar-refractivity contribution in [2.24, 2.45) is 5.92 Å². The molecule has 5 heteroatoms. The van der Waals surface area contributed by atoms with Gasteiger partial charge in [0.2, 0.25) is 0 Å². The molecule has 1 saturated heterocycles. The van der Waals surface area contributed by atoms with Crippen molar-refractivity contribution in [2.75, 3.05) is 17.7 Å². The van der Waals surface area contributed by atoms with E-state index in [0.717, 1.165) is 12.5 Å². The Balaban J connectivity index is 1.79. The first-order valence-corrected chi connectivity index (χ1v) is 6.28. The molecule has 1 aliphatic carbocycles. The molecular formula is C13H16F2N2O. The van der Waals surface area contributed by atoms with Gasteiger partial charge in [0.15, 0.2) is 5.82 Å². The standard InChI is InChI=1S/C13H16F2N2O/c14-8-5-9(15)12(16)11(6-8)17-10-3-4-18-13(10)7-1-2-7/h5-7,10,13,17H,1-4,16H2. The maximum atomic E-state index is 13.3. The van der Waals surface area contributed by atoms with Gasteiger partial charge in [-0.2, -0.15) is 0 Å². The molecule has 3 nitrogen and oxygen atoms in total. The highest BCUT2D eigenvalue weighted by Gasteiger charge is 2.40. The van der Waals surface area contributed by atoms with E-state index in [1.54, 1.807) is 0 Å². The van der Waals surface area contributed by atoms with Gasteiger partial charge in [0, 0.05) is 12.7 Å². The van der Waals surface area contributed by atoms with E-state index in [1.165, 1.54) is 18.9 Å². The van der Waals surface area contributed by atoms with Crippen LogP contribution in [0.15, 0.2) is 12.1 Å². The van der Waals surface area contributed by atoms with Gasteiger partial charge in [-0.3, -0.25) is 0 Å². The number of rotatable bonds is 3. The first kappa shape index (κ1) is 11.7. The predicted octanol–water partition coefficient (Wildman–Crippen LogP) is 2.53. The molecule has 1 aromatic rings. The van der Waals surface area contributed by atoms with Crippen LogP contribution in [0.25, 0.3) is 0 Å². The molecule has 0 spiro atoms. The Morgan fingerprint density at radius 3 is 2.72 bits per heavy atom. The fourth-order valence-corrected chi connectivity index (χ4v) is 2.56. The average molecular weight is 254 g/mol.